The predicted molar refractivity (Wildman–Crippen MR) is 496 cm³/mol. The number of hydrogen-bond donors (Lipinski definition) is 0. The van der Waals surface area contributed by atoms with Crippen LogP contribution in [-0.4, -0.2) is 90.9 Å². The maximum atomic E-state index is 10.8. The second-order valence-electron chi connectivity index (χ2n) is 26.9. The molecule has 0 unspecified atom stereocenters. The first-order chi connectivity index (χ1) is 56.0. The zero-order valence-electron chi connectivity index (χ0n) is 67.6. The minimum absolute atomic E-state index is 0.0540. The van der Waals surface area contributed by atoms with E-state index < -0.39 is 63.5 Å². The molecule has 0 saturated carbocycles. The van der Waals surface area contributed by atoms with Crippen LogP contribution in [-0.2, 0) is 38.4 Å². The van der Waals surface area contributed by atoms with Crippen molar-refractivity contribution < 1.29 is 71.1 Å². The van der Waals surface area contributed by atoms with Gasteiger partial charge >= 0.3 is 0 Å². The molecule has 0 heterocycles. The molecule has 0 radical (unpaired) electrons. The summed E-state index contributed by atoms with van der Waals surface area (Å²) in [6, 6.07) is 60.3. The summed E-state index contributed by atoms with van der Waals surface area (Å²) in [6.07, 6.45) is 29.9. The highest BCUT2D eigenvalue weighted by molar-refractivity contribution is 6.75. The number of carbonyl (C=O) groups is 8. The third-order valence-corrected chi connectivity index (χ3v) is 25.6. The summed E-state index contributed by atoms with van der Waals surface area (Å²) >= 11 is 41.4. The summed E-state index contributed by atoms with van der Waals surface area (Å²) in [4.78, 5) is 94.1. The molecule has 626 valence electrons. The molecule has 8 aromatic carbocycles. The van der Waals surface area contributed by atoms with Gasteiger partial charge in [-0.05, 0) is 290 Å². The van der Waals surface area contributed by atoms with Crippen molar-refractivity contribution in [1.82, 2.24) is 0 Å². The van der Waals surface area contributed by atoms with Crippen molar-refractivity contribution in [3.05, 3.63) is 316 Å². The number of nitro groups is 1. The van der Waals surface area contributed by atoms with E-state index in [-0.39, 0.29) is 22.4 Å². The van der Waals surface area contributed by atoms with Gasteiger partial charge < -0.3 is 27.8 Å². The number of ether oxygens (including phenoxy) is 4. The van der Waals surface area contributed by atoms with Crippen molar-refractivity contribution in [2.75, 3.05) is 27.4 Å². The molecule has 0 spiro atoms. The minimum Gasteiger partial charge on any atom is -0.543 e. The smallest absolute Gasteiger partial charge is 0.276 e. The lowest BCUT2D eigenvalue weighted by molar-refractivity contribution is -0.385. The van der Waals surface area contributed by atoms with Gasteiger partial charge in [-0.3, -0.25) is 48.5 Å². The van der Waals surface area contributed by atoms with Gasteiger partial charge in [-0.15, -0.1) is 6.42 Å². The van der Waals surface area contributed by atoms with Crippen LogP contribution in [0.15, 0.2) is 261 Å². The Balaban J connectivity index is 0.000000684. The van der Waals surface area contributed by atoms with Gasteiger partial charge in [-0.1, -0.05) is 218 Å². The Kier molecular flexibility index (Phi) is 52.0. The van der Waals surface area contributed by atoms with Crippen LogP contribution in [0.25, 0.3) is 48.6 Å². The molecule has 8 aromatic rings. The van der Waals surface area contributed by atoms with Gasteiger partial charge in [0.15, 0.2) is 0 Å². The second-order valence-corrected chi connectivity index (χ2v) is 39.3. The van der Waals surface area contributed by atoms with E-state index in [2.05, 4.69) is 80.2 Å². The lowest BCUT2D eigenvalue weighted by Gasteiger charge is -2.36. The number of methoxy groups -OCH3 is 2. The lowest BCUT2D eigenvalue weighted by Crippen LogP contribution is -2.44. The van der Waals surface area contributed by atoms with Crippen LogP contribution in [0.4, 0.5) is 5.69 Å². The molecule has 0 aliphatic rings. The van der Waals surface area contributed by atoms with Crippen LogP contribution in [0.2, 0.25) is 36.3 Å². The van der Waals surface area contributed by atoms with E-state index in [0.29, 0.717) is 17.9 Å². The fourth-order valence-electron chi connectivity index (χ4n) is 8.15. The van der Waals surface area contributed by atoms with Gasteiger partial charge in [0, 0.05) is 17.2 Å². The van der Waals surface area contributed by atoms with Gasteiger partial charge in [0.05, 0.1) is 24.7 Å². The monoisotopic (exact) mass is 1800 g/mol. The molecule has 0 aromatic heterocycles. The zero-order valence-corrected chi connectivity index (χ0v) is 75.6. The number of para-hydroxylation sites is 3. The highest BCUT2D eigenvalue weighted by Gasteiger charge is 2.40. The molecule has 17 nitrogen and oxygen atoms in total. The van der Waals surface area contributed by atoms with Gasteiger partial charge in [-0.2, -0.15) is 0 Å². The number of terminal acetylenes is 1. The molecule has 0 aliphatic heterocycles. The van der Waals surface area contributed by atoms with Crippen LogP contribution in [0.5, 0.6) is 34.5 Å². The summed E-state index contributed by atoms with van der Waals surface area (Å²) in [5, 5.41) is 6.75. The fraction of sp³-hybridized carbons (Fsp3) is 0.174. The Morgan fingerprint density at radius 1 is 0.387 bits per heavy atom. The van der Waals surface area contributed by atoms with E-state index in [1.54, 1.807) is 87.1 Å². The number of hydrogen-bond acceptors (Lipinski definition) is 16. The van der Waals surface area contributed by atoms with Crippen molar-refractivity contribution in [2.24, 2.45) is 0 Å². The first-order valence-corrected chi connectivity index (χ1v) is 44.5. The normalized spacial score (nSPS) is 11.0. The van der Waals surface area contributed by atoms with Crippen molar-refractivity contribution >= 4 is 206 Å². The summed E-state index contributed by atoms with van der Waals surface area (Å²) < 4.78 is 33.1. The molecule has 0 saturated heterocycles. The third-order valence-electron chi connectivity index (χ3n) is 15.9. The number of rotatable bonds is 28. The largest absolute Gasteiger partial charge is 0.543 e. The predicted octanol–water partition coefficient (Wildman–Crippen LogP) is 25.0. The molecule has 0 aliphatic carbocycles. The Hall–Kier alpha value is -10.7. The average Bonchev–Trinajstić information content (AvgIpc) is 0.815. The summed E-state index contributed by atoms with van der Waals surface area (Å²) in [7, 11) is -0.544. The molecule has 8 rings (SSSR count). The molecule has 27 heteroatoms. The number of halogens is 8. The van der Waals surface area contributed by atoms with Crippen molar-refractivity contribution in [3.63, 3.8) is 0 Å². The second kappa shape index (κ2) is 58.2. The third kappa shape index (κ3) is 50.0. The van der Waals surface area contributed by atoms with E-state index in [9.17, 15) is 48.5 Å². The van der Waals surface area contributed by atoms with E-state index in [4.69, 9.17) is 127 Å². The quantitative estimate of drug-likeness (QED) is 0.00843. The zero-order chi connectivity index (χ0) is 89.6. The maximum absolute atomic E-state index is 10.8. The van der Waals surface area contributed by atoms with E-state index in [0.717, 1.165) is 73.8 Å². The maximum Gasteiger partial charge on any atom is 0.276 e. The van der Waals surface area contributed by atoms with Gasteiger partial charge in [0.25, 0.3) is 14.0 Å². The summed E-state index contributed by atoms with van der Waals surface area (Å²) in [5.41, 5.74) is 6.47. The number of carbonyl (C=O) groups excluding carboxylic acids is 8. The number of benzene rings is 8. The first kappa shape index (κ1) is 106. The highest BCUT2D eigenvalue weighted by atomic mass is 35.5. The molecule has 0 fully saturated rings. The van der Waals surface area contributed by atoms with Crippen molar-refractivity contribution in [3.8, 4) is 46.8 Å². The number of allylic oxidation sites excluding steroid dienone is 8. The van der Waals surface area contributed by atoms with Crippen LogP contribution in [0.3, 0.4) is 0 Å². The Bertz CT molecular complexity index is 4940. The molecule has 0 atom stereocenters. The molecular weight excluding hydrogens is 1710 g/mol. The summed E-state index contributed by atoms with van der Waals surface area (Å²) in [6.45, 7) is 26.2. The molecule has 0 bridgehead atoms. The molecule has 119 heavy (non-hydrogen) atoms. The molecule has 0 N–H and O–H groups in total. The molecular formula is C92H93Cl8NO16Si2. The standard InChI is InChI=1S/2C15H21ClO2Si.C12H11ClO2.C12H9ClO2.2C10H9ClO2.C9H6ClNO3.C9H7ClO/c1-15(2,3)19(4,5)18-13-8-6-7-12(11-13)9-10-14(16)17;1-15(2,3)19(4,5)18-13-9-7-6-8-12(13)10-11-14(16)17;2*1-2-8-15-11-5-3-4-10(9-11)6-7-12(13)14;1-13-9-4-2-3-8(7-9)5-6-10(11)12;1-13-9-5-3-2-4-8(9)6-7-10(11)12;10-9(12)6-5-7-3-1-2-4-8(7)11(13)14;10-9(11)7-6-8-4-2-1-3-5-8/h2*6-11H,1-5H3;2-7,9H,1,8H2;1,3-7,9H,8H2;2*2-7H,1H3;1-6H;1-7H/b10-9+;11-10+;2*7-6+;6-5+;7-6+;6-5+;7-6+. The first-order valence-electron chi connectivity index (χ1n) is 35.7. The van der Waals surface area contributed by atoms with E-state index in [1.165, 1.54) is 60.7 Å². The van der Waals surface area contributed by atoms with Crippen LogP contribution >= 0.6 is 92.8 Å². The van der Waals surface area contributed by atoms with E-state index in [1.807, 2.05) is 164 Å². The Labute approximate surface area is 739 Å². The topological polar surface area (TPSA) is 235 Å². The molecule has 0 amide bonds. The number of nitrogens with zero attached hydrogens (tertiary/aromatic N) is 1. The Morgan fingerprint density at radius 2 is 0.689 bits per heavy atom. The van der Waals surface area contributed by atoms with Crippen molar-refractivity contribution in [2.45, 2.75) is 77.8 Å². The fourth-order valence-corrected chi connectivity index (χ4v) is 10.7. The number of nitro benzene ring substituents is 1. The van der Waals surface area contributed by atoms with Gasteiger partial charge in [0.2, 0.25) is 50.3 Å². The van der Waals surface area contributed by atoms with Crippen LogP contribution < -0.4 is 27.8 Å². The summed E-state index contributed by atoms with van der Waals surface area (Å²) in [5.74, 6) is 6.89. The highest BCUT2D eigenvalue weighted by Crippen LogP contribution is 2.39. The van der Waals surface area contributed by atoms with Crippen LogP contribution in [0, 0.1) is 22.5 Å². The lowest BCUT2D eigenvalue weighted by atomic mass is 10.2. The van der Waals surface area contributed by atoms with E-state index >= 15 is 0 Å². The average molecular weight is 1810 g/mol. The van der Waals surface area contributed by atoms with Crippen LogP contribution in [0.1, 0.15) is 86.1 Å². The minimum atomic E-state index is -1.89. The van der Waals surface area contributed by atoms with Gasteiger partial charge in [-0.25, -0.2) is 0 Å². The van der Waals surface area contributed by atoms with Crippen molar-refractivity contribution in [1.29, 1.82) is 0 Å². The Morgan fingerprint density at radius 3 is 1.07 bits per heavy atom. The SMILES string of the molecule is C#CCOc1cccc(/C=C/C(=O)Cl)c1.C=CCOc1cccc(/C=C/C(=O)Cl)c1.CC(C)(C)[Si](C)(C)Oc1cccc(/C=C/C(=O)Cl)c1.CC(C)(C)[Si](C)(C)Oc1ccccc1/C=C/C(=O)Cl.COc1cccc(/C=C/C(=O)Cl)c1.COc1ccccc1/C=C/C(=O)Cl.O=C(Cl)/C=C/c1ccccc1.O=C(Cl)/C=C/c1ccccc1[N+](=O)[O-]. The van der Waals surface area contributed by atoms with Gasteiger partial charge in [0.1, 0.15) is 47.7 Å².